The molecule has 0 N–H and O–H groups in total. The van der Waals surface area contributed by atoms with Crippen molar-refractivity contribution in [1.82, 2.24) is 0 Å². The molecule has 0 saturated carbocycles. The molecular weight excluding hydrogens is 382 g/mol. The number of Topliss-reactive ketones (excluding diaryl/α,β-unsaturated/α-hetero) is 1. The minimum absolute atomic E-state index is 0.122. The number of nitrogens with zero attached hydrogens (tertiary/aromatic N) is 1. The number of hydrogen-bond acceptors (Lipinski definition) is 5. The highest BCUT2D eigenvalue weighted by Crippen LogP contribution is 2.27. The van der Waals surface area contributed by atoms with Crippen molar-refractivity contribution in [1.29, 1.82) is 0 Å². The molecule has 6 nitrogen and oxygen atoms in total. The third-order valence-electron chi connectivity index (χ3n) is 4.02. The van der Waals surface area contributed by atoms with Gasteiger partial charge in [-0.3, -0.25) is 14.9 Å². The van der Waals surface area contributed by atoms with E-state index in [4.69, 9.17) is 16.3 Å². The van der Waals surface area contributed by atoms with Gasteiger partial charge in [0.25, 0.3) is 5.69 Å². The van der Waals surface area contributed by atoms with Crippen molar-refractivity contribution < 1.29 is 19.2 Å². The fourth-order valence-electron chi connectivity index (χ4n) is 2.59. The van der Waals surface area contributed by atoms with E-state index in [1.807, 2.05) is 0 Å². The van der Waals surface area contributed by atoms with Gasteiger partial charge in [-0.15, -0.1) is 0 Å². The molecule has 0 aliphatic carbocycles. The molecule has 0 unspecified atom stereocenters. The molecule has 0 aromatic heterocycles. The number of halogens is 1. The van der Waals surface area contributed by atoms with Crippen LogP contribution in [0.15, 0.2) is 78.9 Å². The van der Waals surface area contributed by atoms with Gasteiger partial charge in [-0.05, 0) is 24.3 Å². The Bertz CT molecular complexity index is 1020. The average Bonchev–Trinajstić information content (AvgIpc) is 2.72. The molecule has 3 aromatic rings. The van der Waals surface area contributed by atoms with Gasteiger partial charge in [0.2, 0.25) is 5.78 Å². The van der Waals surface area contributed by atoms with Crippen LogP contribution in [0.5, 0.6) is 0 Å². The predicted octanol–water partition coefficient (Wildman–Crippen LogP) is 5.03. The van der Waals surface area contributed by atoms with E-state index < -0.39 is 22.8 Å². The lowest BCUT2D eigenvalue weighted by Gasteiger charge is -2.18. The number of hydrogen-bond donors (Lipinski definition) is 0. The number of ether oxygens (including phenoxy) is 1. The average molecular weight is 396 g/mol. The molecule has 0 radical (unpaired) electrons. The summed E-state index contributed by atoms with van der Waals surface area (Å²) < 4.78 is 5.48. The molecule has 0 amide bonds. The fraction of sp³-hybridized carbons (Fsp3) is 0.0476. The van der Waals surface area contributed by atoms with Gasteiger partial charge in [-0.2, -0.15) is 0 Å². The van der Waals surface area contributed by atoms with Crippen molar-refractivity contribution in [2.45, 2.75) is 6.10 Å². The van der Waals surface area contributed by atoms with E-state index >= 15 is 0 Å². The summed E-state index contributed by atoms with van der Waals surface area (Å²) in [6, 6.07) is 20.0. The van der Waals surface area contributed by atoms with Crippen LogP contribution in [0.4, 0.5) is 5.69 Å². The first-order valence-electron chi connectivity index (χ1n) is 8.26. The lowest BCUT2D eigenvalue weighted by molar-refractivity contribution is -0.384. The zero-order valence-electron chi connectivity index (χ0n) is 14.4. The van der Waals surface area contributed by atoms with Crippen molar-refractivity contribution in [2.24, 2.45) is 0 Å². The largest absolute Gasteiger partial charge is 0.445 e. The van der Waals surface area contributed by atoms with Crippen molar-refractivity contribution in [2.75, 3.05) is 0 Å². The van der Waals surface area contributed by atoms with Gasteiger partial charge in [0.05, 0.1) is 15.5 Å². The van der Waals surface area contributed by atoms with Crippen molar-refractivity contribution in [3.05, 3.63) is 111 Å². The molecule has 0 spiro atoms. The monoisotopic (exact) mass is 395 g/mol. The molecule has 0 heterocycles. The van der Waals surface area contributed by atoms with Crippen LogP contribution in [0, 0.1) is 10.1 Å². The lowest BCUT2D eigenvalue weighted by atomic mass is 9.99. The van der Waals surface area contributed by atoms with Crippen molar-refractivity contribution in [3.8, 4) is 0 Å². The maximum atomic E-state index is 13.0. The second kappa shape index (κ2) is 8.45. The standard InChI is InChI=1S/C21H14ClNO5/c22-18-9-5-4-8-17(18)21(25)28-20(19(24)14-6-2-1-3-7-14)15-10-12-16(13-11-15)23(26)27/h1-13,20H/t20-/m1/s1. The summed E-state index contributed by atoms with van der Waals surface area (Å²) >= 11 is 6.04. The molecule has 0 fully saturated rings. The molecule has 0 aliphatic rings. The number of carbonyl (C=O) groups excluding carboxylic acids is 2. The smallest absolute Gasteiger partial charge is 0.340 e. The number of non-ortho nitro benzene ring substituents is 1. The van der Waals surface area contributed by atoms with Crippen LogP contribution in [0.25, 0.3) is 0 Å². The second-order valence-corrected chi connectivity index (χ2v) is 6.25. The van der Waals surface area contributed by atoms with E-state index in [2.05, 4.69) is 0 Å². The van der Waals surface area contributed by atoms with Gasteiger partial charge in [0.15, 0.2) is 6.10 Å². The quantitative estimate of drug-likeness (QED) is 0.253. The number of ketones is 1. The van der Waals surface area contributed by atoms with Crippen LogP contribution in [0.2, 0.25) is 5.02 Å². The van der Waals surface area contributed by atoms with Gasteiger partial charge in [-0.25, -0.2) is 4.79 Å². The van der Waals surface area contributed by atoms with Crippen molar-refractivity contribution in [3.63, 3.8) is 0 Å². The Labute approximate surface area is 165 Å². The summed E-state index contributed by atoms with van der Waals surface area (Å²) in [6.07, 6.45) is -1.27. The van der Waals surface area contributed by atoms with Crippen LogP contribution in [-0.4, -0.2) is 16.7 Å². The molecule has 1 atom stereocenters. The molecule has 7 heteroatoms. The summed E-state index contributed by atoms with van der Waals surface area (Å²) in [5.41, 5.74) is 0.654. The van der Waals surface area contributed by atoms with Crippen LogP contribution >= 0.6 is 11.6 Å². The maximum Gasteiger partial charge on any atom is 0.340 e. The Morgan fingerprint density at radius 1 is 0.893 bits per heavy atom. The lowest BCUT2D eigenvalue weighted by Crippen LogP contribution is -2.20. The summed E-state index contributed by atoms with van der Waals surface area (Å²) in [4.78, 5) is 35.9. The van der Waals surface area contributed by atoms with Gasteiger partial charge in [0, 0.05) is 23.3 Å². The summed E-state index contributed by atoms with van der Waals surface area (Å²) in [7, 11) is 0. The van der Waals surface area contributed by atoms with E-state index in [-0.39, 0.29) is 16.3 Å². The second-order valence-electron chi connectivity index (χ2n) is 5.84. The Morgan fingerprint density at radius 2 is 1.50 bits per heavy atom. The zero-order valence-corrected chi connectivity index (χ0v) is 15.2. The molecule has 0 bridgehead atoms. The number of esters is 1. The number of rotatable bonds is 6. The van der Waals surface area contributed by atoms with E-state index in [0.29, 0.717) is 11.1 Å². The summed E-state index contributed by atoms with van der Waals surface area (Å²) in [5.74, 6) is -1.21. The Balaban J connectivity index is 1.97. The summed E-state index contributed by atoms with van der Waals surface area (Å²) in [6.45, 7) is 0. The molecule has 3 aromatic carbocycles. The first kappa shape index (κ1) is 19.3. The van der Waals surface area contributed by atoms with Gasteiger partial charge < -0.3 is 4.74 Å². The Kier molecular flexibility index (Phi) is 5.81. The predicted molar refractivity (Wildman–Crippen MR) is 103 cm³/mol. The number of carbonyl (C=O) groups is 2. The van der Waals surface area contributed by atoms with Crippen LogP contribution in [0.1, 0.15) is 32.4 Å². The van der Waals surface area contributed by atoms with Crippen LogP contribution in [0.3, 0.4) is 0 Å². The Morgan fingerprint density at radius 3 is 2.11 bits per heavy atom. The van der Waals surface area contributed by atoms with E-state index in [1.54, 1.807) is 42.5 Å². The van der Waals surface area contributed by atoms with Gasteiger partial charge >= 0.3 is 5.97 Å². The highest BCUT2D eigenvalue weighted by atomic mass is 35.5. The minimum atomic E-state index is -1.27. The third-order valence-corrected chi connectivity index (χ3v) is 4.35. The highest BCUT2D eigenvalue weighted by Gasteiger charge is 2.28. The first-order valence-corrected chi connectivity index (χ1v) is 8.64. The molecule has 140 valence electrons. The van der Waals surface area contributed by atoms with Crippen LogP contribution in [-0.2, 0) is 4.74 Å². The third kappa shape index (κ3) is 4.24. The topological polar surface area (TPSA) is 86.5 Å². The number of nitro groups is 1. The fourth-order valence-corrected chi connectivity index (χ4v) is 2.81. The number of nitro benzene ring substituents is 1. The highest BCUT2D eigenvalue weighted by molar-refractivity contribution is 6.33. The van der Waals surface area contributed by atoms with E-state index in [9.17, 15) is 19.7 Å². The number of benzene rings is 3. The van der Waals surface area contributed by atoms with E-state index in [0.717, 1.165) is 0 Å². The molecule has 3 rings (SSSR count). The molecule has 0 aliphatic heterocycles. The normalized spacial score (nSPS) is 11.5. The van der Waals surface area contributed by atoms with Gasteiger partial charge in [0.1, 0.15) is 0 Å². The van der Waals surface area contributed by atoms with Crippen LogP contribution < -0.4 is 0 Å². The Hall–Kier alpha value is -3.51. The molecule has 0 saturated heterocycles. The van der Waals surface area contributed by atoms with Gasteiger partial charge in [-0.1, -0.05) is 54.1 Å². The molecular formula is C21H14ClNO5. The molecule has 28 heavy (non-hydrogen) atoms. The first-order chi connectivity index (χ1) is 13.5. The van der Waals surface area contributed by atoms with E-state index in [1.165, 1.54) is 36.4 Å². The van der Waals surface area contributed by atoms with Crippen molar-refractivity contribution >= 4 is 29.0 Å². The maximum absolute atomic E-state index is 13.0. The zero-order chi connectivity index (χ0) is 20.1. The summed E-state index contributed by atoms with van der Waals surface area (Å²) in [5, 5.41) is 11.1. The SMILES string of the molecule is O=C(O[C@@H](C(=O)c1ccccc1)c1ccc([N+](=O)[O-])cc1)c1ccccc1Cl. The minimum Gasteiger partial charge on any atom is -0.445 e.